The Kier molecular flexibility index (Phi) is 5.54. The molecule has 0 aliphatic carbocycles. The molecule has 29 heavy (non-hydrogen) atoms. The number of rotatable bonds is 6. The molecule has 10 heteroatoms. The first kappa shape index (κ1) is 19.1. The molecule has 0 aliphatic rings. The van der Waals surface area contributed by atoms with Crippen LogP contribution in [0.25, 0.3) is 22.6 Å². The number of carbonyl (C=O) groups excluding carboxylic acids is 1. The molecule has 0 saturated heterocycles. The van der Waals surface area contributed by atoms with Crippen molar-refractivity contribution in [3.05, 3.63) is 59.7 Å². The molecule has 4 aromatic rings. The van der Waals surface area contributed by atoms with Gasteiger partial charge in [0.05, 0.1) is 11.4 Å². The number of benzene rings is 1. The van der Waals surface area contributed by atoms with Gasteiger partial charge in [-0.25, -0.2) is 9.66 Å². The predicted molar refractivity (Wildman–Crippen MR) is 115 cm³/mol. The van der Waals surface area contributed by atoms with E-state index in [4.69, 9.17) is 5.84 Å². The zero-order valence-corrected chi connectivity index (χ0v) is 17.1. The van der Waals surface area contributed by atoms with E-state index in [1.807, 2.05) is 42.6 Å². The van der Waals surface area contributed by atoms with Gasteiger partial charge in [0.1, 0.15) is 0 Å². The van der Waals surface area contributed by atoms with Crippen molar-refractivity contribution in [3.63, 3.8) is 0 Å². The summed E-state index contributed by atoms with van der Waals surface area (Å²) < 4.78 is 1.36. The average molecular weight is 424 g/mol. The molecule has 146 valence electrons. The van der Waals surface area contributed by atoms with Crippen LogP contribution in [0.5, 0.6) is 0 Å². The number of nitrogens with one attached hydrogen (secondary N) is 1. The second-order valence-electron chi connectivity index (χ2n) is 6.16. The highest BCUT2D eigenvalue weighted by Crippen LogP contribution is 2.26. The molecule has 3 N–H and O–H groups in total. The Morgan fingerprint density at radius 3 is 2.79 bits per heavy atom. The van der Waals surface area contributed by atoms with Gasteiger partial charge in [0.2, 0.25) is 11.1 Å². The van der Waals surface area contributed by atoms with Crippen molar-refractivity contribution < 1.29 is 4.79 Å². The first-order valence-electron chi connectivity index (χ1n) is 8.66. The Bertz CT molecular complexity index is 1120. The van der Waals surface area contributed by atoms with Gasteiger partial charge in [-0.2, -0.15) is 0 Å². The highest BCUT2D eigenvalue weighted by atomic mass is 32.2. The molecule has 1 aromatic carbocycles. The maximum Gasteiger partial charge on any atom is 0.236 e. The molecule has 0 bridgehead atoms. The van der Waals surface area contributed by atoms with E-state index in [0.29, 0.717) is 16.1 Å². The summed E-state index contributed by atoms with van der Waals surface area (Å²) in [5.74, 6) is 6.49. The van der Waals surface area contributed by atoms with Gasteiger partial charge >= 0.3 is 0 Å². The zero-order valence-electron chi connectivity index (χ0n) is 15.4. The summed E-state index contributed by atoms with van der Waals surface area (Å²) in [4.78, 5) is 20.8. The maximum absolute atomic E-state index is 12.3. The number of thiazole rings is 1. The monoisotopic (exact) mass is 423 g/mol. The minimum absolute atomic E-state index is 0.141. The summed E-state index contributed by atoms with van der Waals surface area (Å²) in [7, 11) is 0. The molecule has 3 heterocycles. The summed E-state index contributed by atoms with van der Waals surface area (Å²) in [6, 6.07) is 11.7. The zero-order chi connectivity index (χ0) is 20.2. The number of amides is 1. The minimum atomic E-state index is -0.189. The molecule has 0 atom stereocenters. The van der Waals surface area contributed by atoms with E-state index >= 15 is 0 Å². The Hall–Kier alpha value is -3.24. The number of hydrogen-bond donors (Lipinski definition) is 2. The van der Waals surface area contributed by atoms with Crippen LogP contribution >= 0.6 is 23.1 Å². The molecule has 0 spiro atoms. The van der Waals surface area contributed by atoms with Crippen molar-refractivity contribution in [1.29, 1.82) is 0 Å². The van der Waals surface area contributed by atoms with Gasteiger partial charge in [0.25, 0.3) is 0 Å². The van der Waals surface area contributed by atoms with Gasteiger partial charge < -0.3 is 11.2 Å². The Morgan fingerprint density at radius 2 is 2.03 bits per heavy atom. The van der Waals surface area contributed by atoms with Crippen molar-refractivity contribution in [2.75, 3.05) is 16.9 Å². The van der Waals surface area contributed by atoms with Gasteiger partial charge in [-0.3, -0.25) is 9.78 Å². The SMILES string of the molecule is Cc1ccc(-c2csc(NC(=O)CSc3nnc(-c4cccnc4)n3N)n2)cc1. The number of aryl methyl sites for hydroxylation is 1. The van der Waals surface area contributed by atoms with Crippen LogP contribution in [0.3, 0.4) is 0 Å². The topological polar surface area (TPSA) is 112 Å². The number of nitrogens with zero attached hydrogens (tertiary/aromatic N) is 5. The van der Waals surface area contributed by atoms with E-state index in [1.54, 1.807) is 18.5 Å². The first-order valence-corrected chi connectivity index (χ1v) is 10.5. The molecule has 4 rings (SSSR count). The number of hydrogen-bond acceptors (Lipinski definition) is 8. The van der Waals surface area contributed by atoms with Crippen molar-refractivity contribution in [2.24, 2.45) is 0 Å². The molecule has 0 aliphatic heterocycles. The first-order chi connectivity index (χ1) is 14.1. The van der Waals surface area contributed by atoms with Crippen molar-refractivity contribution in [3.8, 4) is 22.6 Å². The van der Waals surface area contributed by atoms with Gasteiger partial charge in [-0.05, 0) is 19.1 Å². The highest BCUT2D eigenvalue weighted by molar-refractivity contribution is 7.99. The molecule has 1 amide bonds. The highest BCUT2D eigenvalue weighted by Gasteiger charge is 2.15. The number of pyridine rings is 1. The third-order valence-electron chi connectivity index (χ3n) is 4.01. The second kappa shape index (κ2) is 8.41. The van der Waals surface area contributed by atoms with E-state index in [1.165, 1.54) is 33.3 Å². The van der Waals surface area contributed by atoms with Gasteiger partial charge in [0.15, 0.2) is 11.0 Å². The van der Waals surface area contributed by atoms with Crippen LogP contribution in [0.1, 0.15) is 5.56 Å². The van der Waals surface area contributed by atoms with Crippen LogP contribution in [-0.4, -0.2) is 36.5 Å². The molecule has 0 fully saturated rings. The predicted octanol–water partition coefficient (Wildman–Crippen LogP) is 3.22. The summed E-state index contributed by atoms with van der Waals surface area (Å²) in [6.07, 6.45) is 3.33. The summed E-state index contributed by atoms with van der Waals surface area (Å²) >= 11 is 2.59. The van der Waals surface area contributed by atoms with Crippen LogP contribution in [0, 0.1) is 6.92 Å². The molecule has 8 nitrogen and oxygen atoms in total. The standard InChI is InChI=1S/C19H17N7OS2/c1-12-4-6-13(7-5-12)15-10-28-18(22-15)23-16(27)11-29-19-25-24-17(26(19)20)14-3-2-8-21-9-14/h2-10H,11,20H2,1H3,(H,22,23,27). The maximum atomic E-state index is 12.3. The lowest BCUT2D eigenvalue weighted by Crippen LogP contribution is -2.16. The van der Waals surface area contributed by atoms with Gasteiger partial charge in [-0.15, -0.1) is 21.5 Å². The number of nitrogens with two attached hydrogens (primary N) is 1. The van der Waals surface area contributed by atoms with E-state index < -0.39 is 0 Å². The number of anilines is 1. The lowest BCUT2D eigenvalue weighted by atomic mass is 10.1. The van der Waals surface area contributed by atoms with Crippen LogP contribution < -0.4 is 11.2 Å². The Morgan fingerprint density at radius 1 is 1.21 bits per heavy atom. The van der Waals surface area contributed by atoms with Crippen LogP contribution in [0.2, 0.25) is 0 Å². The molecular formula is C19H17N7OS2. The van der Waals surface area contributed by atoms with E-state index in [9.17, 15) is 4.79 Å². The summed E-state index contributed by atoms with van der Waals surface area (Å²) in [5, 5.41) is 13.9. The quantitative estimate of drug-likeness (QED) is 0.362. The number of nitrogen functional groups attached to an aromatic ring is 1. The third kappa shape index (κ3) is 4.44. The minimum Gasteiger partial charge on any atom is -0.335 e. The lowest BCUT2D eigenvalue weighted by Gasteiger charge is -2.03. The van der Waals surface area contributed by atoms with E-state index in [2.05, 4.69) is 25.5 Å². The van der Waals surface area contributed by atoms with Crippen LogP contribution in [-0.2, 0) is 4.79 Å². The Labute approximate surface area is 175 Å². The number of carbonyl (C=O) groups is 1. The Balaban J connectivity index is 1.36. The summed E-state index contributed by atoms with van der Waals surface area (Å²) in [6.45, 7) is 2.04. The molecule has 0 radical (unpaired) electrons. The average Bonchev–Trinajstić information content (AvgIpc) is 3.34. The van der Waals surface area contributed by atoms with Crippen molar-refractivity contribution >= 4 is 34.1 Å². The largest absolute Gasteiger partial charge is 0.335 e. The van der Waals surface area contributed by atoms with Crippen LogP contribution in [0.4, 0.5) is 5.13 Å². The lowest BCUT2D eigenvalue weighted by molar-refractivity contribution is -0.113. The second-order valence-corrected chi connectivity index (χ2v) is 7.96. The van der Waals surface area contributed by atoms with Crippen molar-refractivity contribution in [2.45, 2.75) is 12.1 Å². The fourth-order valence-electron chi connectivity index (χ4n) is 2.54. The third-order valence-corrected chi connectivity index (χ3v) is 5.72. The fraction of sp³-hybridized carbons (Fsp3) is 0.105. The number of aromatic nitrogens is 5. The van der Waals surface area contributed by atoms with Crippen molar-refractivity contribution in [1.82, 2.24) is 24.8 Å². The molecular weight excluding hydrogens is 406 g/mol. The normalized spacial score (nSPS) is 10.8. The molecule has 0 saturated carbocycles. The number of thioether (sulfide) groups is 1. The summed E-state index contributed by atoms with van der Waals surface area (Å²) in [5.41, 5.74) is 3.79. The van der Waals surface area contributed by atoms with Gasteiger partial charge in [0, 0.05) is 28.9 Å². The fourth-order valence-corrected chi connectivity index (χ4v) is 3.93. The van der Waals surface area contributed by atoms with Crippen LogP contribution in [0.15, 0.2) is 59.3 Å². The molecule has 3 aromatic heterocycles. The smallest absolute Gasteiger partial charge is 0.236 e. The molecule has 0 unspecified atom stereocenters. The van der Waals surface area contributed by atoms with E-state index in [-0.39, 0.29) is 11.7 Å². The van der Waals surface area contributed by atoms with E-state index in [0.717, 1.165) is 16.8 Å². The van der Waals surface area contributed by atoms with Gasteiger partial charge in [-0.1, -0.05) is 41.6 Å².